The second kappa shape index (κ2) is 8.27. The number of ether oxygens (including phenoxy) is 1. The van der Waals surface area contributed by atoms with Crippen molar-refractivity contribution in [1.29, 1.82) is 0 Å². The van der Waals surface area contributed by atoms with Gasteiger partial charge in [-0.25, -0.2) is 4.79 Å². The Morgan fingerprint density at radius 1 is 1.38 bits per heavy atom. The van der Waals surface area contributed by atoms with Gasteiger partial charge < -0.3 is 20.1 Å². The maximum Gasteiger partial charge on any atom is 0.333 e. The smallest absolute Gasteiger partial charge is 0.333 e. The SMILES string of the molecule is CCC(O)COC(=O)/C(C)=C/CC(O)CO. The van der Waals surface area contributed by atoms with Gasteiger partial charge >= 0.3 is 5.97 Å². The standard InChI is InChI=1S/C11H20O5/c1-3-9(13)7-16-11(15)8(2)4-5-10(14)6-12/h4,9-10,12-14H,3,5-7H2,1-2H3/b8-4+. The van der Waals surface area contributed by atoms with Crippen molar-refractivity contribution in [3.8, 4) is 0 Å². The van der Waals surface area contributed by atoms with E-state index >= 15 is 0 Å². The van der Waals surface area contributed by atoms with Crippen molar-refractivity contribution in [2.45, 2.75) is 38.9 Å². The highest BCUT2D eigenvalue weighted by Gasteiger charge is 2.09. The van der Waals surface area contributed by atoms with Crippen molar-refractivity contribution >= 4 is 5.97 Å². The monoisotopic (exact) mass is 232 g/mol. The lowest BCUT2D eigenvalue weighted by molar-refractivity contribution is -0.141. The van der Waals surface area contributed by atoms with Crippen molar-refractivity contribution < 1.29 is 24.9 Å². The van der Waals surface area contributed by atoms with E-state index in [1.807, 2.05) is 0 Å². The summed E-state index contributed by atoms with van der Waals surface area (Å²) in [7, 11) is 0. The molecule has 0 aromatic rings. The Balaban J connectivity index is 3.98. The fourth-order valence-corrected chi connectivity index (χ4v) is 0.874. The number of esters is 1. The lowest BCUT2D eigenvalue weighted by atomic mass is 10.2. The van der Waals surface area contributed by atoms with Gasteiger partial charge in [-0.2, -0.15) is 0 Å². The summed E-state index contributed by atoms with van der Waals surface area (Å²) in [6.45, 7) is 2.99. The van der Waals surface area contributed by atoms with Crippen LogP contribution in [0.4, 0.5) is 0 Å². The fourth-order valence-electron chi connectivity index (χ4n) is 0.874. The van der Waals surface area contributed by atoms with Crippen LogP contribution in [0.15, 0.2) is 11.6 Å². The Morgan fingerprint density at radius 3 is 2.50 bits per heavy atom. The van der Waals surface area contributed by atoms with Crippen LogP contribution in [0, 0.1) is 0 Å². The van der Waals surface area contributed by atoms with Gasteiger partial charge in [0.1, 0.15) is 6.61 Å². The van der Waals surface area contributed by atoms with Crippen molar-refractivity contribution in [2.75, 3.05) is 13.2 Å². The lowest BCUT2D eigenvalue weighted by Gasteiger charge is -2.09. The first-order valence-electron chi connectivity index (χ1n) is 5.32. The highest BCUT2D eigenvalue weighted by molar-refractivity contribution is 5.87. The van der Waals surface area contributed by atoms with Gasteiger partial charge in [0.2, 0.25) is 0 Å². The minimum Gasteiger partial charge on any atom is -0.460 e. The normalized spacial score (nSPS) is 15.7. The summed E-state index contributed by atoms with van der Waals surface area (Å²) in [6.07, 6.45) is 0.734. The second-order valence-electron chi connectivity index (χ2n) is 3.62. The Kier molecular flexibility index (Phi) is 7.80. The molecule has 2 atom stereocenters. The molecule has 0 aliphatic carbocycles. The molecule has 5 nitrogen and oxygen atoms in total. The predicted octanol–water partition coefficient (Wildman–Crippen LogP) is -0.00990. The zero-order valence-electron chi connectivity index (χ0n) is 9.72. The van der Waals surface area contributed by atoms with E-state index in [2.05, 4.69) is 0 Å². The Bertz CT molecular complexity index is 237. The van der Waals surface area contributed by atoms with Crippen LogP contribution < -0.4 is 0 Å². The number of hydrogen-bond acceptors (Lipinski definition) is 5. The molecule has 0 amide bonds. The Hall–Kier alpha value is -0.910. The van der Waals surface area contributed by atoms with Gasteiger partial charge in [-0.15, -0.1) is 0 Å². The first-order valence-corrected chi connectivity index (χ1v) is 5.32. The highest BCUT2D eigenvalue weighted by Crippen LogP contribution is 2.02. The van der Waals surface area contributed by atoms with Crippen LogP contribution in [0.3, 0.4) is 0 Å². The topological polar surface area (TPSA) is 87.0 Å². The van der Waals surface area contributed by atoms with Gasteiger partial charge in [-0.3, -0.25) is 0 Å². The van der Waals surface area contributed by atoms with Crippen molar-refractivity contribution in [1.82, 2.24) is 0 Å². The number of hydrogen-bond donors (Lipinski definition) is 3. The second-order valence-corrected chi connectivity index (χ2v) is 3.62. The van der Waals surface area contributed by atoms with E-state index in [1.165, 1.54) is 6.08 Å². The first-order chi connectivity index (χ1) is 7.51. The largest absolute Gasteiger partial charge is 0.460 e. The van der Waals surface area contributed by atoms with E-state index in [9.17, 15) is 9.90 Å². The van der Waals surface area contributed by atoms with Crippen molar-refractivity contribution in [2.24, 2.45) is 0 Å². The minimum atomic E-state index is -0.857. The summed E-state index contributed by atoms with van der Waals surface area (Å²) in [5, 5.41) is 26.8. The molecule has 0 fully saturated rings. The van der Waals surface area contributed by atoms with E-state index in [-0.39, 0.29) is 19.6 Å². The summed E-state index contributed by atoms with van der Waals surface area (Å²) >= 11 is 0. The van der Waals surface area contributed by atoms with E-state index in [0.717, 1.165) is 0 Å². The molecular weight excluding hydrogens is 212 g/mol. The third kappa shape index (κ3) is 6.55. The Labute approximate surface area is 95.4 Å². The molecule has 3 N–H and O–H groups in total. The van der Waals surface area contributed by atoms with Gasteiger partial charge in [0, 0.05) is 5.57 Å². The van der Waals surface area contributed by atoms with Crippen LogP contribution in [0.25, 0.3) is 0 Å². The minimum absolute atomic E-state index is 0.0247. The molecule has 0 heterocycles. The summed E-state index contributed by atoms with van der Waals surface area (Å²) in [6, 6.07) is 0. The Morgan fingerprint density at radius 2 is 2.00 bits per heavy atom. The quantitative estimate of drug-likeness (QED) is 0.424. The van der Waals surface area contributed by atoms with Gasteiger partial charge in [0.25, 0.3) is 0 Å². The van der Waals surface area contributed by atoms with E-state index in [1.54, 1.807) is 13.8 Å². The number of aliphatic hydroxyl groups is 3. The third-order valence-corrected chi connectivity index (χ3v) is 2.11. The van der Waals surface area contributed by atoms with Crippen molar-refractivity contribution in [3.63, 3.8) is 0 Å². The molecule has 16 heavy (non-hydrogen) atoms. The van der Waals surface area contributed by atoms with Gasteiger partial charge in [-0.1, -0.05) is 13.0 Å². The van der Waals surface area contributed by atoms with Crippen LogP contribution in [0.1, 0.15) is 26.7 Å². The zero-order chi connectivity index (χ0) is 12.6. The maximum absolute atomic E-state index is 11.3. The molecule has 0 aromatic heterocycles. The molecule has 0 saturated heterocycles. The van der Waals surface area contributed by atoms with E-state index < -0.39 is 18.2 Å². The first kappa shape index (κ1) is 15.1. The summed E-state index contributed by atoms with van der Waals surface area (Å²) in [5.74, 6) is -0.516. The number of aliphatic hydroxyl groups excluding tert-OH is 3. The van der Waals surface area contributed by atoms with E-state index in [4.69, 9.17) is 14.9 Å². The molecule has 0 aromatic carbocycles. The highest BCUT2D eigenvalue weighted by atomic mass is 16.5. The van der Waals surface area contributed by atoms with Crippen LogP contribution in [-0.2, 0) is 9.53 Å². The van der Waals surface area contributed by atoms with Crippen LogP contribution >= 0.6 is 0 Å². The van der Waals surface area contributed by atoms with Crippen LogP contribution in [-0.4, -0.2) is 46.7 Å². The molecule has 5 heteroatoms. The molecule has 0 radical (unpaired) electrons. The summed E-state index contributed by atoms with van der Waals surface area (Å²) < 4.78 is 4.82. The lowest BCUT2D eigenvalue weighted by Crippen LogP contribution is -2.18. The van der Waals surface area contributed by atoms with Gasteiger partial charge in [-0.05, 0) is 19.8 Å². The van der Waals surface area contributed by atoms with Crippen molar-refractivity contribution in [3.05, 3.63) is 11.6 Å². The molecule has 0 aliphatic heterocycles. The fraction of sp³-hybridized carbons (Fsp3) is 0.727. The maximum atomic E-state index is 11.3. The molecule has 2 unspecified atom stereocenters. The van der Waals surface area contributed by atoms with Crippen LogP contribution in [0.5, 0.6) is 0 Å². The number of carbonyl (C=O) groups excluding carboxylic acids is 1. The zero-order valence-corrected chi connectivity index (χ0v) is 9.72. The molecule has 0 spiro atoms. The molecule has 0 bridgehead atoms. The summed E-state index contributed by atoms with van der Waals surface area (Å²) in [4.78, 5) is 11.3. The molecule has 0 rings (SSSR count). The van der Waals surface area contributed by atoms with Gasteiger partial charge in [0.15, 0.2) is 0 Å². The third-order valence-electron chi connectivity index (χ3n) is 2.11. The molecule has 0 saturated carbocycles. The molecule has 0 aliphatic rings. The molecule has 94 valence electrons. The molecular formula is C11H20O5. The van der Waals surface area contributed by atoms with Crippen LogP contribution in [0.2, 0.25) is 0 Å². The average Bonchev–Trinajstić information content (AvgIpc) is 2.31. The number of carbonyl (C=O) groups is 1. The van der Waals surface area contributed by atoms with Gasteiger partial charge in [0.05, 0.1) is 18.8 Å². The summed E-state index contributed by atoms with van der Waals surface area (Å²) in [5.41, 5.74) is 0.357. The van der Waals surface area contributed by atoms with E-state index in [0.29, 0.717) is 12.0 Å². The predicted molar refractivity (Wildman–Crippen MR) is 58.7 cm³/mol. The number of rotatable bonds is 7. The average molecular weight is 232 g/mol.